The Morgan fingerprint density at radius 3 is 2.45 bits per heavy atom. The van der Waals surface area contributed by atoms with Crippen molar-refractivity contribution < 1.29 is 0 Å². The predicted octanol–water partition coefficient (Wildman–Crippen LogP) is 5.69. The molecule has 2 aromatic carbocycles. The molecule has 2 aromatic rings. The Kier molecular flexibility index (Phi) is 4.73. The van der Waals surface area contributed by atoms with Crippen LogP contribution >= 0.6 is 0 Å². The van der Waals surface area contributed by atoms with Gasteiger partial charge < -0.3 is 0 Å². The highest BCUT2D eigenvalue weighted by Crippen LogP contribution is 2.37. The van der Waals surface area contributed by atoms with Gasteiger partial charge in [-0.05, 0) is 51.0 Å². The van der Waals surface area contributed by atoms with Gasteiger partial charge in [0.2, 0.25) is 0 Å². The Morgan fingerprint density at radius 2 is 1.77 bits per heavy atom. The van der Waals surface area contributed by atoms with Crippen molar-refractivity contribution in [2.24, 2.45) is 5.92 Å². The Labute approximate surface area is 137 Å². The first-order valence-electron chi connectivity index (χ1n) is 8.19. The molecule has 0 aromatic heterocycles. The molecule has 0 heterocycles. The van der Waals surface area contributed by atoms with Crippen LogP contribution in [0.1, 0.15) is 30.9 Å². The molecule has 1 aliphatic carbocycles. The standard InChI is InChI=1S/C21H25S/c1-16-13-14-21(18(3)15-16)22(19-10-5-4-6-11-19)20-12-8-7-9-17(20)2/h4-6,8,10-15,17,20H,7,9H2,1-3H3/q+1. The summed E-state index contributed by atoms with van der Waals surface area (Å²) in [5, 5.41) is 0.623. The zero-order chi connectivity index (χ0) is 15.5. The molecule has 0 saturated heterocycles. The highest BCUT2D eigenvalue weighted by molar-refractivity contribution is 7.97. The summed E-state index contributed by atoms with van der Waals surface area (Å²) < 4.78 is 0. The smallest absolute Gasteiger partial charge is 0.0836 e. The van der Waals surface area contributed by atoms with Crippen LogP contribution in [-0.2, 0) is 10.9 Å². The lowest BCUT2D eigenvalue weighted by Gasteiger charge is -2.25. The van der Waals surface area contributed by atoms with E-state index < -0.39 is 0 Å². The molecular weight excluding hydrogens is 284 g/mol. The molecule has 1 aliphatic rings. The Bertz CT molecular complexity index is 657. The van der Waals surface area contributed by atoms with Crippen LogP contribution < -0.4 is 0 Å². The molecule has 0 aliphatic heterocycles. The molecule has 3 atom stereocenters. The fourth-order valence-corrected chi connectivity index (χ4v) is 6.10. The highest BCUT2D eigenvalue weighted by atomic mass is 32.2. The average molecular weight is 309 g/mol. The number of benzene rings is 2. The van der Waals surface area contributed by atoms with Crippen molar-refractivity contribution in [1.29, 1.82) is 0 Å². The zero-order valence-corrected chi connectivity index (χ0v) is 14.6. The average Bonchev–Trinajstić information content (AvgIpc) is 2.52. The summed E-state index contributed by atoms with van der Waals surface area (Å²) in [6.07, 6.45) is 7.40. The molecule has 0 N–H and O–H groups in total. The van der Waals surface area contributed by atoms with Crippen LogP contribution in [-0.4, -0.2) is 5.25 Å². The van der Waals surface area contributed by atoms with E-state index >= 15 is 0 Å². The normalized spacial score (nSPS) is 22.5. The van der Waals surface area contributed by atoms with Crippen LogP contribution in [0.4, 0.5) is 0 Å². The van der Waals surface area contributed by atoms with Gasteiger partial charge in [0.15, 0.2) is 9.79 Å². The van der Waals surface area contributed by atoms with Gasteiger partial charge in [-0.1, -0.05) is 48.9 Å². The molecule has 114 valence electrons. The van der Waals surface area contributed by atoms with Gasteiger partial charge in [-0.2, -0.15) is 0 Å². The Morgan fingerprint density at radius 1 is 1.00 bits per heavy atom. The van der Waals surface area contributed by atoms with Crippen LogP contribution in [0.15, 0.2) is 70.5 Å². The van der Waals surface area contributed by atoms with E-state index in [4.69, 9.17) is 0 Å². The minimum absolute atomic E-state index is 0.126. The van der Waals surface area contributed by atoms with Crippen molar-refractivity contribution in [2.75, 3.05) is 0 Å². The SMILES string of the molecule is Cc1ccc([S+](c2ccccc2)C2C=CCCC2C)c(C)c1. The van der Waals surface area contributed by atoms with Crippen molar-refractivity contribution in [3.63, 3.8) is 0 Å². The molecule has 3 unspecified atom stereocenters. The second-order valence-electron chi connectivity index (χ2n) is 6.37. The predicted molar refractivity (Wildman–Crippen MR) is 97.6 cm³/mol. The number of hydrogen-bond donors (Lipinski definition) is 0. The third-order valence-corrected chi connectivity index (χ3v) is 7.39. The number of allylic oxidation sites excluding steroid dienone is 1. The molecule has 1 heteroatoms. The van der Waals surface area contributed by atoms with E-state index in [1.54, 1.807) is 0 Å². The van der Waals surface area contributed by atoms with Crippen molar-refractivity contribution in [1.82, 2.24) is 0 Å². The summed E-state index contributed by atoms with van der Waals surface area (Å²) in [5.41, 5.74) is 2.78. The Balaban J connectivity index is 2.10. The van der Waals surface area contributed by atoms with E-state index in [0.717, 1.165) is 5.92 Å². The summed E-state index contributed by atoms with van der Waals surface area (Å²) in [5.74, 6) is 0.745. The minimum atomic E-state index is 0.126. The lowest BCUT2D eigenvalue weighted by Crippen LogP contribution is -2.29. The quantitative estimate of drug-likeness (QED) is 0.504. The van der Waals surface area contributed by atoms with Gasteiger partial charge in [0, 0.05) is 11.5 Å². The molecule has 0 radical (unpaired) electrons. The van der Waals surface area contributed by atoms with Crippen LogP contribution in [0.25, 0.3) is 0 Å². The monoisotopic (exact) mass is 309 g/mol. The van der Waals surface area contributed by atoms with Gasteiger partial charge in [0.25, 0.3) is 0 Å². The molecule has 0 bridgehead atoms. The van der Waals surface area contributed by atoms with Crippen LogP contribution in [0.2, 0.25) is 0 Å². The largest absolute Gasteiger partial charge is 0.164 e. The summed E-state index contributed by atoms with van der Waals surface area (Å²) >= 11 is 0. The van der Waals surface area contributed by atoms with Crippen molar-refractivity contribution >= 4 is 10.9 Å². The third-order valence-electron chi connectivity index (χ3n) is 4.51. The molecule has 0 amide bonds. The molecule has 0 nitrogen and oxygen atoms in total. The molecule has 0 spiro atoms. The lowest BCUT2D eigenvalue weighted by atomic mass is 9.96. The van der Waals surface area contributed by atoms with E-state index in [-0.39, 0.29) is 10.9 Å². The molecule has 0 saturated carbocycles. The summed E-state index contributed by atoms with van der Waals surface area (Å²) in [6.45, 7) is 6.86. The van der Waals surface area contributed by atoms with Gasteiger partial charge >= 0.3 is 0 Å². The number of aryl methyl sites for hydroxylation is 2. The fraction of sp³-hybridized carbons (Fsp3) is 0.333. The second-order valence-corrected chi connectivity index (χ2v) is 8.50. The third kappa shape index (κ3) is 3.15. The van der Waals surface area contributed by atoms with Crippen LogP contribution in [0.3, 0.4) is 0 Å². The highest BCUT2D eigenvalue weighted by Gasteiger charge is 2.39. The summed E-state index contributed by atoms with van der Waals surface area (Å²) in [6, 6.07) is 18.0. The first kappa shape index (κ1) is 15.4. The second kappa shape index (κ2) is 6.75. The van der Waals surface area contributed by atoms with Gasteiger partial charge in [0.1, 0.15) is 5.25 Å². The molecule has 0 fully saturated rings. The van der Waals surface area contributed by atoms with E-state index in [0.29, 0.717) is 5.25 Å². The van der Waals surface area contributed by atoms with E-state index in [2.05, 4.69) is 81.5 Å². The van der Waals surface area contributed by atoms with Crippen LogP contribution in [0.5, 0.6) is 0 Å². The molecule has 22 heavy (non-hydrogen) atoms. The number of rotatable bonds is 3. The summed E-state index contributed by atoms with van der Waals surface area (Å²) in [4.78, 5) is 2.98. The van der Waals surface area contributed by atoms with Crippen molar-refractivity contribution in [3.8, 4) is 0 Å². The molecular formula is C21H25S+. The maximum absolute atomic E-state index is 2.48. The van der Waals surface area contributed by atoms with E-state index in [1.165, 1.54) is 33.8 Å². The Hall–Kier alpha value is -1.47. The molecule has 3 rings (SSSR count). The van der Waals surface area contributed by atoms with Gasteiger partial charge in [-0.3, -0.25) is 0 Å². The first-order valence-corrected chi connectivity index (χ1v) is 9.47. The minimum Gasteiger partial charge on any atom is -0.0836 e. The topological polar surface area (TPSA) is 0 Å². The zero-order valence-electron chi connectivity index (χ0n) is 13.8. The van der Waals surface area contributed by atoms with Gasteiger partial charge in [-0.25, -0.2) is 0 Å². The van der Waals surface area contributed by atoms with Crippen molar-refractivity contribution in [2.45, 2.75) is 48.7 Å². The maximum atomic E-state index is 2.48. The first-order chi connectivity index (χ1) is 10.7. The lowest BCUT2D eigenvalue weighted by molar-refractivity contribution is 0.534. The van der Waals surface area contributed by atoms with Crippen LogP contribution in [0, 0.1) is 19.8 Å². The van der Waals surface area contributed by atoms with E-state index in [9.17, 15) is 0 Å². The fourth-order valence-electron chi connectivity index (χ4n) is 3.30. The summed E-state index contributed by atoms with van der Waals surface area (Å²) in [7, 11) is 0.126. The maximum Gasteiger partial charge on any atom is 0.164 e. The van der Waals surface area contributed by atoms with Crippen molar-refractivity contribution in [3.05, 3.63) is 71.8 Å². The van der Waals surface area contributed by atoms with Gasteiger partial charge in [0.05, 0.1) is 10.9 Å². The van der Waals surface area contributed by atoms with Gasteiger partial charge in [-0.15, -0.1) is 0 Å². The number of hydrogen-bond acceptors (Lipinski definition) is 0. The van der Waals surface area contributed by atoms with E-state index in [1.807, 2.05) is 0 Å².